The first-order valence-corrected chi connectivity index (χ1v) is 13.4. The maximum atomic E-state index is 13.2. The number of nitrogens with one attached hydrogen (secondary N) is 1. The third kappa shape index (κ3) is 4.72. The number of furan rings is 1. The second kappa shape index (κ2) is 10.7. The molecule has 1 amide bonds. The molecule has 0 aliphatic heterocycles. The summed E-state index contributed by atoms with van der Waals surface area (Å²) < 4.78 is 6.29. The number of nitriles is 2. The minimum absolute atomic E-state index is 0.0747. The lowest BCUT2D eigenvalue weighted by Gasteiger charge is -2.34. The van der Waals surface area contributed by atoms with E-state index in [9.17, 15) is 20.1 Å². The number of carbonyl (C=O) groups excluding carboxylic acids is 2. The Labute approximate surface area is 233 Å². The van der Waals surface area contributed by atoms with Crippen molar-refractivity contribution in [2.75, 3.05) is 18.5 Å². The van der Waals surface area contributed by atoms with Gasteiger partial charge in [-0.15, -0.1) is 0 Å². The van der Waals surface area contributed by atoms with Crippen LogP contribution in [0, 0.1) is 35.1 Å². The van der Waals surface area contributed by atoms with Gasteiger partial charge in [0.1, 0.15) is 11.3 Å². The van der Waals surface area contributed by atoms with Gasteiger partial charge >= 0.3 is 0 Å². The molecule has 0 unspecified atom stereocenters. The van der Waals surface area contributed by atoms with E-state index in [4.69, 9.17) is 4.42 Å². The first-order chi connectivity index (χ1) is 19.3. The molecule has 1 aromatic heterocycles. The van der Waals surface area contributed by atoms with Gasteiger partial charge < -0.3 is 9.73 Å². The topological polar surface area (TPSA) is 110 Å². The summed E-state index contributed by atoms with van der Waals surface area (Å²) in [5, 5.41) is 22.9. The number of benzene rings is 3. The van der Waals surface area contributed by atoms with E-state index in [1.807, 2.05) is 62.4 Å². The quantitative estimate of drug-likeness (QED) is 0.149. The maximum Gasteiger partial charge on any atom is 0.255 e. The highest BCUT2D eigenvalue weighted by Crippen LogP contribution is 2.45. The molecule has 1 saturated carbocycles. The highest BCUT2D eigenvalue weighted by Gasteiger charge is 2.39. The van der Waals surface area contributed by atoms with E-state index in [1.165, 1.54) is 0 Å². The fourth-order valence-corrected chi connectivity index (χ4v) is 5.34. The average molecular weight is 531 g/mol. The maximum absolute atomic E-state index is 13.2. The highest BCUT2D eigenvalue weighted by atomic mass is 16.3. The predicted octanol–water partition coefficient (Wildman–Crippen LogP) is 7.01. The summed E-state index contributed by atoms with van der Waals surface area (Å²) in [6.45, 7) is 4.30. The molecule has 0 atom stereocenters. The molecular formula is C33H30N4O3. The number of hydrogen-bond acceptors (Lipinski definition) is 6. The number of Topliss-reactive ketones (excluding diaryl/α,β-unsaturated/α-hetero) is 1. The van der Waals surface area contributed by atoms with Crippen LogP contribution in [0.3, 0.4) is 0 Å². The number of rotatable bonds is 8. The SMILES string of the molecule is CCN(C#N)c1cc2oc(-c3ccc(C)cc3)c(C(=O)NC)c2cc1-c1cccc(C(=O)CC2(C#N)CCC2)c1. The third-order valence-corrected chi connectivity index (χ3v) is 7.84. The van der Waals surface area contributed by atoms with Crippen molar-refractivity contribution in [1.82, 2.24) is 5.32 Å². The number of amides is 1. The Morgan fingerprint density at radius 3 is 2.40 bits per heavy atom. The number of aryl methyl sites for hydroxylation is 1. The molecular weight excluding hydrogens is 500 g/mol. The molecule has 1 aliphatic carbocycles. The third-order valence-electron chi connectivity index (χ3n) is 7.84. The van der Waals surface area contributed by atoms with Crippen LogP contribution in [0.1, 0.15) is 58.9 Å². The van der Waals surface area contributed by atoms with E-state index in [2.05, 4.69) is 17.6 Å². The van der Waals surface area contributed by atoms with Gasteiger partial charge in [-0.1, -0.05) is 54.4 Å². The Hall–Kier alpha value is -4.88. The van der Waals surface area contributed by atoms with E-state index in [0.717, 1.165) is 36.0 Å². The first kappa shape index (κ1) is 26.7. The molecule has 0 saturated heterocycles. The number of anilines is 1. The molecule has 1 heterocycles. The zero-order valence-corrected chi connectivity index (χ0v) is 22.9. The lowest BCUT2D eigenvalue weighted by molar-refractivity contribution is 0.0880. The highest BCUT2D eigenvalue weighted by molar-refractivity contribution is 6.13. The van der Waals surface area contributed by atoms with Gasteiger partial charge in [-0.25, -0.2) is 0 Å². The molecule has 1 N–H and O–H groups in total. The Bertz CT molecular complexity index is 1700. The molecule has 0 spiro atoms. The van der Waals surface area contributed by atoms with Crippen molar-refractivity contribution < 1.29 is 14.0 Å². The van der Waals surface area contributed by atoms with Gasteiger partial charge in [-0.3, -0.25) is 14.5 Å². The standard InChI is InChI=1S/C33H30N4O3/c1-4-37(20-35)27-17-29-26(30(32(39)36-3)31(40-29)22-11-9-21(2)10-12-22)16-25(27)23-7-5-8-24(15-23)28(38)18-33(19-34)13-6-14-33/h5,7-12,15-17H,4,6,13-14,18H2,1-3H3,(H,36,39). The van der Waals surface area contributed by atoms with Crippen LogP contribution in [0.25, 0.3) is 33.4 Å². The summed E-state index contributed by atoms with van der Waals surface area (Å²) >= 11 is 0. The van der Waals surface area contributed by atoms with Crippen molar-refractivity contribution >= 4 is 28.3 Å². The molecule has 200 valence electrons. The van der Waals surface area contributed by atoms with E-state index in [1.54, 1.807) is 24.1 Å². The zero-order valence-electron chi connectivity index (χ0n) is 22.9. The van der Waals surface area contributed by atoms with Crippen molar-refractivity contribution in [1.29, 1.82) is 10.5 Å². The second-order valence-electron chi connectivity index (χ2n) is 10.4. The van der Waals surface area contributed by atoms with E-state index < -0.39 is 5.41 Å². The molecule has 5 rings (SSSR count). The van der Waals surface area contributed by atoms with Gasteiger partial charge in [0.2, 0.25) is 0 Å². The molecule has 40 heavy (non-hydrogen) atoms. The number of hydrogen-bond donors (Lipinski definition) is 1. The second-order valence-corrected chi connectivity index (χ2v) is 10.4. The van der Waals surface area contributed by atoms with Crippen molar-refractivity contribution in [2.45, 2.75) is 39.5 Å². The van der Waals surface area contributed by atoms with Crippen LogP contribution in [-0.2, 0) is 0 Å². The molecule has 3 aromatic carbocycles. The first-order valence-electron chi connectivity index (χ1n) is 13.4. The molecule has 1 fully saturated rings. The largest absolute Gasteiger partial charge is 0.455 e. The van der Waals surface area contributed by atoms with Gasteiger partial charge in [0.05, 0.1) is 22.7 Å². The minimum atomic E-state index is -0.567. The van der Waals surface area contributed by atoms with Gasteiger partial charge in [-0.05, 0) is 44.4 Å². The summed E-state index contributed by atoms with van der Waals surface area (Å²) in [6, 6.07) is 21.0. The van der Waals surface area contributed by atoms with Gasteiger partial charge in [0.15, 0.2) is 12.0 Å². The van der Waals surface area contributed by atoms with Crippen LogP contribution in [0.2, 0.25) is 0 Å². The lowest BCUT2D eigenvalue weighted by Crippen LogP contribution is -2.30. The monoisotopic (exact) mass is 530 g/mol. The summed E-state index contributed by atoms with van der Waals surface area (Å²) in [4.78, 5) is 27.9. The Morgan fingerprint density at radius 1 is 1.05 bits per heavy atom. The van der Waals surface area contributed by atoms with Crippen LogP contribution in [0.15, 0.2) is 65.1 Å². The van der Waals surface area contributed by atoms with Crippen molar-refractivity contribution in [3.63, 3.8) is 0 Å². The minimum Gasteiger partial charge on any atom is -0.455 e. The smallest absolute Gasteiger partial charge is 0.255 e. The molecule has 0 bridgehead atoms. The lowest BCUT2D eigenvalue weighted by atomic mass is 9.66. The van der Waals surface area contributed by atoms with Crippen LogP contribution in [0.4, 0.5) is 5.69 Å². The van der Waals surface area contributed by atoms with Gasteiger partial charge in [-0.2, -0.15) is 10.5 Å². The predicted molar refractivity (Wildman–Crippen MR) is 155 cm³/mol. The van der Waals surface area contributed by atoms with Gasteiger partial charge in [0.25, 0.3) is 5.91 Å². The van der Waals surface area contributed by atoms with Crippen molar-refractivity contribution in [2.24, 2.45) is 5.41 Å². The van der Waals surface area contributed by atoms with E-state index in [0.29, 0.717) is 45.7 Å². The Morgan fingerprint density at radius 2 is 1.80 bits per heavy atom. The average Bonchev–Trinajstić information content (AvgIpc) is 3.33. The Kier molecular flexibility index (Phi) is 7.15. The van der Waals surface area contributed by atoms with Crippen molar-refractivity contribution in [3.05, 3.63) is 77.4 Å². The number of nitrogens with zero attached hydrogens (tertiary/aromatic N) is 3. The van der Waals surface area contributed by atoms with E-state index >= 15 is 0 Å². The normalized spacial score (nSPS) is 13.6. The molecule has 7 nitrogen and oxygen atoms in total. The summed E-state index contributed by atoms with van der Waals surface area (Å²) in [5.41, 5.74) is 4.74. The summed E-state index contributed by atoms with van der Waals surface area (Å²) in [6.07, 6.45) is 4.89. The summed E-state index contributed by atoms with van der Waals surface area (Å²) in [5.74, 6) is 0.0879. The van der Waals surface area contributed by atoms with Crippen LogP contribution in [0.5, 0.6) is 0 Å². The number of fused-ring (bicyclic) bond motifs is 1. The zero-order chi connectivity index (χ0) is 28.4. The summed E-state index contributed by atoms with van der Waals surface area (Å²) in [7, 11) is 1.58. The molecule has 7 heteroatoms. The fourth-order valence-electron chi connectivity index (χ4n) is 5.34. The Balaban J connectivity index is 1.69. The molecule has 0 radical (unpaired) electrons. The van der Waals surface area contributed by atoms with Crippen LogP contribution >= 0.6 is 0 Å². The van der Waals surface area contributed by atoms with Crippen LogP contribution in [-0.4, -0.2) is 25.3 Å². The van der Waals surface area contributed by atoms with Crippen LogP contribution < -0.4 is 10.2 Å². The van der Waals surface area contributed by atoms with Gasteiger partial charge in [0, 0.05) is 48.2 Å². The molecule has 4 aromatic rings. The van der Waals surface area contributed by atoms with E-state index in [-0.39, 0.29) is 18.1 Å². The van der Waals surface area contributed by atoms with Crippen molar-refractivity contribution in [3.8, 4) is 34.7 Å². The molecule has 1 aliphatic rings. The number of carbonyl (C=O) groups is 2. The number of ketones is 1. The fraction of sp³-hybridized carbons (Fsp3) is 0.273.